The second kappa shape index (κ2) is 5.63. The summed E-state index contributed by atoms with van der Waals surface area (Å²) in [7, 11) is -4.07. The lowest BCUT2D eigenvalue weighted by Crippen LogP contribution is -2.46. The summed E-state index contributed by atoms with van der Waals surface area (Å²) in [6.07, 6.45) is 0.614. The summed E-state index contributed by atoms with van der Waals surface area (Å²) in [6, 6.07) is -1.39. The van der Waals surface area contributed by atoms with Gasteiger partial charge in [-0.25, -0.2) is 0 Å². The van der Waals surface area contributed by atoms with Crippen molar-refractivity contribution in [2.75, 3.05) is 0 Å². The predicted molar refractivity (Wildman–Crippen MR) is 62.9 cm³/mol. The van der Waals surface area contributed by atoms with E-state index in [0.29, 0.717) is 6.42 Å². The van der Waals surface area contributed by atoms with E-state index < -0.39 is 33.2 Å². The van der Waals surface area contributed by atoms with E-state index in [2.05, 4.69) is 5.32 Å². The number of nitrogens with one attached hydrogen (secondary N) is 1. The SMILES string of the molecule is NC(=O)C[C@H](N)C(=O)NC1CCC(S(=O)(=O)O)C1. The van der Waals surface area contributed by atoms with Crippen LogP contribution in [0, 0.1) is 0 Å². The molecule has 0 aromatic carbocycles. The van der Waals surface area contributed by atoms with Crippen LogP contribution in [0.3, 0.4) is 0 Å². The van der Waals surface area contributed by atoms with Gasteiger partial charge in [-0.2, -0.15) is 8.42 Å². The molecule has 0 radical (unpaired) electrons. The van der Waals surface area contributed by atoms with Gasteiger partial charge in [0.15, 0.2) is 0 Å². The minimum Gasteiger partial charge on any atom is -0.370 e. The lowest BCUT2D eigenvalue weighted by atomic mass is 10.1. The van der Waals surface area contributed by atoms with Crippen molar-refractivity contribution in [2.24, 2.45) is 11.5 Å². The van der Waals surface area contributed by atoms with Gasteiger partial charge in [-0.1, -0.05) is 0 Å². The molecule has 1 fully saturated rings. The zero-order valence-electron chi connectivity index (χ0n) is 9.70. The number of nitrogens with two attached hydrogens (primary N) is 2. The summed E-state index contributed by atoms with van der Waals surface area (Å²) in [5, 5.41) is 1.69. The van der Waals surface area contributed by atoms with E-state index in [9.17, 15) is 18.0 Å². The van der Waals surface area contributed by atoms with E-state index in [1.54, 1.807) is 0 Å². The highest BCUT2D eigenvalue weighted by Gasteiger charge is 2.34. The molecule has 1 saturated carbocycles. The van der Waals surface area contributed by atoms with Crippen LogP contribution in [0.4, 0.5) is 0 Å². The fraction of sp³-hybridized carbons (Fsp3) is 0.778. The minimum absolute atomic E-state index is 0.147. The third-order valence-corrected chi connectivity index (χ3v) is 4.18. The third-order valence-electron chi connectivity index (χ3n) is 2.91. The largest absolute Gasteiger partial charge is 0.370 e. The predicted octanol–water partition coefficient (Wildman–Crippen LogP) is -1.89. The summed E-state index contributed by atoms with van der Waals surface area (Å²) in [5.74, 6) is -1.23. The van der Waals surface area contributed by atoms with E-state index in [0.717, 1.165) is 0 Å². The summed E-state index contributed by atoms with van der Waals surface area (Å²) in [4.78, 5) is 22.1. The third kappa shape index (κ3) is 4.24. The van der Waals surface area contributed by atoms with Crippen LogP contribution in [0.25, 0.3) is 0 Å². The van der Waals surface area contributed by atoms with Crippen molar-refractivity contribution < 1.29 is 22.6 Å². The molecule has 6 N–H and O–H groups in total. The summed E-state index contributed by atoms with van der Waals surface area (Å²) >= 11 is 0. The van der Waals surface area contributed by atoms with E-state index >= 15 is 0 Å². The Labute approximate surface area is 105 Å². The average Bonchev–Trinajstić information content (AvgIpc) is 2.64. The van der Waals surface area contributed by atoms with Crippen LogP contribution in [0.15, 0.2) is 0 Å². The molecular weight excluding hydrogens is 262 g/mol. The number of hydrogen-bond donors (Lipinski definition) is 4. The quantitative estimate of drug-likeness (QED) is 0.432. The minimum atomic E-state index is -4.07. The highest BCUT2D eigenvalue weighted by Crippen LogP contribution is 2.24. The van der Waals surface area contributed by atoms with Gasteiger partial charge in [-0.05, 0) is 19.3 Å². The van der Waals surface area contributed by atoms with Crippen LogP contribution in [0.1, 0.15) is 25.7 Å². The molecule has 1 aliphatic rings. The van der Waals surface area contributed by atoms with E-state index in [-0.39, 0.29) is 25.3 Å². The molecule has 2 amide bonds. The molecule has 0 heterocycles. The van der Waals surface area contributed by atoms with Crippen LogP contribution in [0.5, 0.6) is 0 Å². The molecule has 104 valence electrons. The van der Waals surface area contributed by atoms with E-state index in [1.807, 2.05) is 0 Å². The molecule has 8 nitrogen and oxygen atoms in total. The first-order valence-corrected chi connectivity index (χ1v) is 7.01. The topological polar surface area (TPSA) is 153 Å². The molecule has 1 aliphatic carbocycles. The average molecular weight is 279 g/mol. The Morgan fingerprint density at radius 2 is 2.00 bits per heavy atom. The molecule has 0 spiro atoms. The summed E-state index contributed by atoms with van der Waals surface area (Å²) < 4.78 is 30.7. The van der Waals surface area contributed by atoms with Gasteiger partial charge in [0.2, 0.25) is 11.8 Å². The molecule has 0 aliphatic heterocycles. The number of carbonyl (C=O) groups excluding carboxylic acids is 2. The maximum atomic E-state index is 11.5. The van der Waals surface area contributed by atoms with Crippen molar-refractivity contribution in [3.8, 4) is 0 Å². The normalized spacial score (nSPS) is 25.7. The summed E-state index contributed by atoms with van der Waals surface area (Å²) in [5.41, 5.74) is 10.3. The van der Waals surface area contributed by atoms with Crippen LogP contribution in [-0.4, -0.2) is 42.1 Å². The Balaban J connectivity index is 2.46. The zero-order valence-corrected chi connectivity index (χ0v) is 10.5. The fourth-order valence-corrected chi connectivity index (χ4v) is 2.87. The van der Waals surface area contributed by atoms with Gasteiger partial charge in [0.05, 0.1) is 17.7 Å². The van der Waals surface area contributed by atoms with Crippen molar-refractivity contribution in [2.45, 2.75) is 43.0 Å². The van der Waals surface area contributed by atoms with E-state index in [1.165, 1.54) is 0 Å². The first-order valence-electron chi connectivity index (χ1n) is 5.50. The molecule has 2 unspecified atom stereocenters. The van der Waals surface area contributed by atoms with E-state index in [4.69, 9.17) is 16.0 Å². The molecule has 18 heavy (non-hydrogen) atoms. The monoisotopic (exact) mass is 279 g/mol. The van der Waals surface area contributed by atoms with Gasteiger partial charge in [-0.3, -0.25) is 14.1 Å². The van der Waals surface area contributed by atoms with Gasteiger partial charge in [0.1, 0.15) is 0 Å². The molecule has 0 bridgehead atoms. The number of rotatable bonds is 5. The lowest BCUT2D eigenvalue weighted by molar-refractivity contribution is -0.126. The van der Waals surface area contributed by atoms with Gasteiger partial charge >= 0.3 is 0 Å². The Bertz CT molecular complexity index is 435. The first kappa shape index (κ1) is 14.9. The Hall–Kier alpha value is -1.19. The number of carbonyl (C=O) groups is 2. The molecule has 9 heteroatoms. The molecule has 0 aromatic heterocycles. The number of amides is 2. The molecule has 0 aromatic rings. The maximum Gasteiger partial charge on any atom is 0.267 e. The van der Waals surface area contributed by atoms with Gasteiger partial charge in [0, 0.05) is 6.04 Å². The molecule has 3 atom stereocenters. The van der Waals surface area contributed by atoms with Crippen molar-refractivity contribution in [1.82, 2.24) is 5.32 Å². The Kier molecular flexibility index (Phi) is 4.65. The maximum absolute atomic E-state index is 11.5. The lowest BCUT2D eigenvalue weighted by Gasteiger charge is -2.15. The second-order valence-electron chi connectivity index (χ2n) is 4.43. The van der Waals surface area contributed by atoms with Gasteiger partial charge in [-0.15, -0.1) is 0 Å². The van der Waals surface area contributed by atoms with Crippen LogP contribution in [-0.2, 0) is 19.7 Å². The van der Waals surface area contributed by atoms with Crippen molar-refractivity contribution in [1.29, 1.82) is 0 Å². The molecule has 1 rings (SSSR count). The van der Waals surface area contributed by atoms with Crippen molar-refractivity contribution in [3.05, 3.63) is 0 Å². The highest BCUT2D eigenvalue weighted by atomic mass is 32.2. The van der Waals surface area contributed by atoms with Crippen molar-refractivity contribution >= 4 is 21.9 Å². The Morgan fingerprint density at radius 3 is 2.44 bits per heavy atom. The smallest absolute Gasteiger partial charge is 0.267 e. The molecule has 0 saturated heterocycles. The standard InChI is InChI=1S/C9H17N3O5S/c10-7(4-8(11)13)9(14)12-5-1-2-6(3-5)18(15,16)17/h5-7H,1-4,10H2,(H2,11,13)(H,12,14)(H,15,16,17)/t5?,6?,7-/m0/s1. The summed E-state index contributed by atoms with van der Waals surface area (Å²) in [6.45, 7) is 0. The van der Waals surface area contributed by atoms with Crippen LogP contribution < -0.4 is 16.8 Å². The van der Waals surface area contributed by atoms with Gasteiger partial charge in [0.25, 0.3) is 10.1 Å². The first-order chi connectivity index (χ1) is 8.20. The Morgan fingerprint density at radius 1 is 1.39 bits per heavy atom. The van der Waals surface area contributed by atoms with Crippen molar-refractivity contribution in [3.63, 3.8) is 0 Å². The highest BCUT2D eigenvalue weighted by molar-refractivity contribution is 7.86. The van der Waals surface area contributed by atoms with Crippen LogP contribution >= 0.6 is 0 Å². The zero-order chi connectivity index (χ0) is 13.9. The molecular formula is C9H17N3O5S. The van der Waals surface area contributed by atoms with Gasteiger partial charge < -0.3 is 16.8 Å². The fourth-order valence-electron chi connectivity index (χ4n) is 1.96. The van der Waals surface area contributed by atoms with Crippen LogP contribution in [0.2, 0.25) is 0 Å². The second-order valence-corrected chi connectivity index (χ2v) is 6.13. The number of primary amides is 1. The number of hydrogen-bond acceptors (Lipinski definition) is 5.